The number of carbonyl (C=O) groups is 2. The minimum Gasteiger partial charge on any atom is -0.497 e. The summed E-state index contributed by atoms with van der Waals surface area (Å²) in [5.41, 5.74) is 1.68. The van der Waals surface area contributed by atoms with Gasteiger partial charge in [0.2, 0.25) is 5.91 Å². The van der Waals surface area contributed by atoms with Gasteiger partial charge in [0.1, 0.15) is 5.75 Å². The van der Waals surface area contributed by atoms with Crippen LogP contribution in [-0.2, 0) is 14.3 Å². The molecule has 2 rings (SSSR count). The second kappa shape index (κ2) is 9.88. The fraction of sp³-hybridized carbons (Fsp3) is 0.389. The molecule has 1 aromatic carbocycles. The highest BCUT2D eigenvalue weighted by atomic mass is 32.1. The Bertz CT molecular complexity index is 729. The first-order valence-electron chi connectivity index (χ1n) is 8.16. The van der Waals surface area contributed by atoms with Crippen molar-refractivity contribution in [2.45, 2.75) is 19.3 Å². The zero-order chi connectivity index (χ0) is 18.9. The van der Waals surface area contributed by atoms with E-state index < -0.39 is 5.97 Å². The van der Waals surface area contributed by atoms with Crippen molar-refractivity contribution >= 4 is 28.3 Å². The molecule has 1 N–H and O–H groups in total. The van der Waals surface area contributed by atoms with Crippen molar-refractivity contribution in [1.29, 1.82) is 0 Å². The van der Waals surface area contributed by atoms with Crippen LogP contribution in [0, 0.1) is 0 Å². The first-order chi connectivity index (χ1) is 12.5. The largest absolute Gasteiger partial charge is 0.497 e. The molecule has 0 aliphatic carbocycles. The summed E-state index contributed by atoms with van der Waals surface area (Å²) in [5.74, 6) is -0.485. The zero-order valence-electron chi connectivity index (χ0n) is 14.8. The van der Waals surface area contributed by atoms with Crippen molar-refractivity contribution in [2.24, 2.45) is 0 Å². The average molecular weight is 378 g/mol. The van der Waals surface area contributed by atoms with Gasteiger partial charge in [-0.3, -0.25) is 14.5 Å². The molecule has 0 saturated heterocycles. The van der Waals surface area contributed by atoms with Crippen LogP contribution in [0.1, 0.15) is 19.3 Å². The molecule has 8 heteroatoms. The van der Waals surface area contributed by atoms with Crippen molar-refractivity contribution in [3.8, 4) is 17.0 Å². The highest BCUT2D eigenvalue weighted by molar-refractivity contribution is 7.14. The molecule has 0 aliphatic rings. The van der Waals surface area contributed by atoms with Gasteiger partial charge in [0.25, 0.3) is 0 Å². The fourth-order valence-corrected chi connectivity index (χ4v) is 3.20. The molecule has 1 aromatic heterocycles. The number of anilines is 1. The topological polar surface area (TPSA) is 89.0 Å². The Morgan fingerprint density at radius 1 is 1.19 bits per heavy atom. The van der Waals surface area contributed by atoms with Gasteiger partial charge in [0, 0.05) is 37.6 Å². The first-order valence-corrected chi connectivity index (χ1v) is 9.04. The van der Waals surface area contributed by atoms with Gasteiger partial charge in [-0.15, -0.1) is 11.3 Å². The number of aliphatic carboxylic acids is 1. The Kier molecular flexibility index (Phi) is 7.55. The molecule has 0 atom stereocenters. The summed E-state index contributed by atoms with van der Waals surface area (Å²) in [5, 5.41) is 11.2. The number of ether oxygens (including phenoxy) is 2. The third-order valence-electron chi connectivity index (χ3n) is 3.69. The molecule has 2 aromatic rings. The third-order valence-corrected chi connectivity index (χ3v) is 4.56. The number of carboxylic acids is 1. The molecular formula is C18H22N2O5S. The van der Waals surface area contributed by atoms with E-state index in [1.807, 2.05) is 29.6 Å². The van der Waals surface area contributed by atoms with Crippen molar-refractivity contribution in [2.75, 3.05) is 32.3 Å². The Balaban J connectivity index is 2.16. The predicted octanol–water partition coefficient (Wildman–Crippen LogP) is 3.05. The summed E-state index contributed by atoms with van der Waals surface area (Å²) in [4.78, 5) is 29.3. The van der Waals surface area contributed by atoms with Gasteiger partial charge in [0.05, 0.1) is 19.2 Å². The molecule has 140 valence electrons. The molecule has 1 heterocycles. The van der Waals surface area contributed by atoms with Crippen molar-refractivity contribution in [3.63, 3.8) is 0 Å². The van der Waals surface area contributed by atoms with E-state index in [9.17, 15) is 9.59 Å². The van der Waals surface area contributed by atoms with Crippen molar-refractivity contribution < 1.29 is 24.2 Å². The van der Waals surface area contributed by atoms with Crippen LogP contribution in [0.5, 0.6) is 5.75 Å². The third kappa shape index (κ3) is 5.53. The molecule has 1 amide bonds. The van der Waals surface area contributed by atoms with E-state index in [-0.39, 0.29) is 18.7 Å². The molecule has 7 nitrogen and oxygen atoms in total. The number of hydrogen-bond acceptors (Lipinski definition) is 6. The summed E-state index contributed by atoms with van der Waals surface area (Å²) in [6, 6.07) is 7.50. The highest BCUT2D eigenvalue weighted by Gasteiger charge is 2.20. The predicted molar refractivity (Wildman–Crippen MR) is 99.8 cm³/mol. The maximum atomic E-state index is 12.4. The standard InChI is InChI=1S/C18H22N2O5S/c1-24-11-3-10-20(16(21)8-9-17(22)23)18-19-15(12-26-18)13-4-6-14(25-2)7-5-13/h4-7,12H,3,8-11H2,1-2H3,(H,22,23). The minimum absolute atomic E-state index is 0.0558. The molecule has 0 radical (unpaired) electrons. The smallest absolute Gasteiger partial charge is 0.303 e. The lowest BCUT2D eigenvalue weighted by Gasteiger charge is -2.19. The van der Waals surface area contributed by atoms with E-state index in [1.54, 1.807) is 19.1 Å². The normalized spacial score (nSPS) is 10.5. The van der Waals surface area contributed by atoms with Crippen LogP contribution in [0.4, 0.5) is 5.13 Å². The summed E-state index contributed by atoms with van der Waals surface area (Å²) in [7, 11) is 3.21. The zero-order valence-corrected chi connectivity index (χ0v) is 15.6. The van der Waals surface area contributed by atoms with E-state index in [0.29, 0.717) is 24.7 Å². The van der Waals surface area contributed by atoms with E-state index in [4.69, 9.17) is 14.6 Å². The lowest BCUT2D eigenvalue weighted by Crippen LogP contribution is -2.32. The lowest BCUT2D eigenvalue weighted by molar-refractivity contribution is -0.138. The van der Waals surface area contributed by atoms with Crippen LogP contribution in [0.3, 0.4) is 0 Å². The number of amides is 1. The second-order valence-corrected chi connectivity index (χ2v) is 6.37. The van der Waals surface area contributed by atoms with Gasteiger partial charge in [-0.2, -0.15) is 0 Å². The highest BCUT2D eigenvalue weighted by Crippen LogP contribution is 2.29. The Hall–Kier alpha value is -2.45. The van der Waals surface area contributed by atoms with Crippen LogP contribution >= 0.6 is 11.3 Å². The molecule has 0 aliphatic heterocycles. The number of benzene rings is 1. The molecular weight excluding hydrogens is 356 g/mol. The molecule has 0 bridgehead atoms. The molecule has 0 saturated carbocycles. The van der Waals surface area contributed by atoms with Crippen LogP contribution < -0.4 is 9.64 Å². The summed E-state index contributed by atoms with van der Waals surface area (Å²) >= 11 is 1.36. The number of rotatable bonds is 10. The molecule has 0 spiro atoms. The van der Waals surface area contributed by atoms with Crippen molar-refractivity contribution in [3.05, 3.63) is 29.6 Å². The van der Waals surface area contributed by atoms with Gasteiger partial charge < -0.3 is 14.6 Å². The van der Waals surface area contributed by atoms with Gasteiger partial charge in [0.15, 0.2) is 5.13 Å². The number of aromatic nitrogens is 1. The number of methoxy groups -OCH3 is 2. The SMILES string of the molecule is COCCCN(C(=O)CCC(=O)O)c1nc(-c2ccc(OC)cc2)cs1. The molecule has 26 heavy (non-hydrogen) atoms. The van der Waals surface area contributed by atoms with Gasteiger partial charge in [-0.1, -0.05) is 0 Å². The Morgan fingerprint density at radius 2 is 1.92 bits per heavy atom. The lowest BCUT2D eigenvalue weighted by atomic mass is 10.2. The van der Waals surface area contributed by atoms with Gasteiger partial charge >= 0.3 is 5.97 Å². The molecule has 0 unspecified atom stereocenters. The number of nitrogens with zero attached hydrogens (tertiary/aromatic N) is 2. The Morgan fingerprint density at radius 3 is 2.54 bits per heavy atom. The monoisotopic (exact) mass is 378 g/mol. The minimum atomic E-state index is -0.992. The molecule has 0 fully saturated rings. The van der Waals surface area contributed by atoms with E-state index in [2.05, 4.69) is 4.98 Å². The summed E-state index contributed by atoms with van der Waals surface area (Å²) < 4.78 is 10.2. The van der Waals surface area contributed by atoms with Crippen LogP contribution in [0.2, 0.25) is 0 Å². The average Bonchev–Trinajstić information content (AvgIpc) is 3.13. The van der Waals surface area contributed by atoms with E-state index >= 15 is 0 Å². The maximum absolute atomic E-state index is 12.4. The second-order valence-electron chi connectivity index (χ2n) is 5.53. The Labute approximate surface area is 156 Å². The van der Waals surface area contributed by atoms with Gasteiger partial charge in [-0.05, 0) is 30.7 Å². The van der Waals surface area contributed by atoms with Gasteiger partial charge in [-0.25, -0.2) is 4.98 Å². The van der Waals surface area contributed by atoms with Crippen LogP contribution in [0.25, 0.3) is 11.3 Å². The van der Waals surface area contributed by atoms with Crippen LogP contribution in [0.15, 0.2) is 29.6 Å². The number of hydrogen-bond donors (Lipinski definition) is 1. The summed E-state index contributed by atoms with van der Waals surface area (Å²) in [6.45, 7) is 0.946. The number of carboxylic acid groups (broad SMARTS) is 1. The maximum Gasteiger partial charge on any atom is 0.303 e. The van der Waals surface area contributed by atoms with E-state index in [0.717, 1.165) is 17.0 Å². The fourth-order valence-electron chi connectivity index (χ4n) is 2.33. The van der Waals surface area contributed by atoms with Crippen molar-refractivity contribution in [1.82, 2.24) is 4.98 Å². The number of thiazole rings is 1. The quantitative estimate of drug-likeness (QED) is 0.639. The number of carbonyl (C=O) groups excluding carboxylic acids is 1. The first kappa shape index (κ1) is 19.9. The summed E-state index contributed by atoms with van der Waals surface area (Å²) in [6.07, 6.45) is 0.392. The van der Waals surface area contributed by atoms with E-state index in [1.165, 1.54) is 11.3 Å². The van der Waals surface area contributed by atoms with Crippen LogP contribution in [-0.4, -0.2) is 49.3 Å².